The van der Waals surface area contributed by atoms with E-state index in [1.807, 2.05) is 0 Å². The highest BCUT2D eigenvalue weighted by atomic mass is 15.1. The van der Waals surface area contributed by atoms with Crippen LogP contribution in [0.2, 0.25) is 0 Å². The second kappa shape index (κ2) is 8.23. The normalized spacial score (nSPS) is 12.5. The number of para-hydroxylation sites is 1. The molecule has 1 heterocycles. The van der Waals surface area contributed by atoms with Crippen LogP contribution < -0.4 is 0 Å². The third kappa shape index (κ3) is 3.43. The minimum atomic E-state index is 0.408. The summed E-state index contributed by atoms with van der Waals surface area (Å²) in [6.07, 6.45) is 0.951. The van der Waals surface area contributed by atoms with E-state index >= 15 is 0 Å². The van der Waals surface area contributed by atoms with Crippen LogP contribution in [0.5, 0.6) is 0 Å². The molecule has 0 N–H and O–H groups in total. The molecular weight excluding hydrogens is 424 g/mol. The van der Waals surface area contributed by atoms with Gasteiger partial charge in [0.05, 0.1) is 16.7 Å². The van der Waals surface area contributed by atoms with Crippen LogP contribution in [0.3, 0.4) is 0 Å². The monoisotopic (exact) mass is 456 g/mol. The number of imidazole rings is 1. The Labute approximate surface area is 208 Å². The van der Waals surface area contributed by atoms with Crippen LogP contribution in [0, 0.1) is 6.92 Å². The van der Waals surface area contributed by atoms with E-state index in [1.54, 1.807) is 0 Å². The van der Waals surface area contributed by atoms with E-state index < -0.39 is 0 Å². The molecule has 0 aliphatic heterocycles. The first-order chi connectivity index (χ1) is 16.9. The lowest BCUT2D eigenvalue weighted by atomic mass is 9.92. The number of hydrogen-bond donors (Lipinski definition) is 0. The van der Waals surface area contributed by atoms with E-state index in [1.165, 1.54) is 55.7 Å². The zero-order valence-corrected chi connectivity index (χ0v) is 21.3. The first-order valence-corrected chi connectivity index (χ1v) is 12.8. The van der Waals surface area contributed by atoms with Gasteiger partial charge in [0.1, 0.15) is 5.82 Å². The number of aryl methyl sites for hydroxylation is 1. The summed E-state index contributed by atoms with van der Waals surface area (Å²) in [6.45, 7) is 11.3. The molecule has 174 valence electrons. The highest BCUT2D eigenvalue weighted by molar-refractivity contribution is 5.89. The van der Waals surface area contributed by atoms with Crippen molar-refractivity contribution < 1.29 is 0 Å². The van der Waals surface area contributed by atoms with Crippen LogP contribution in [0.25, 0.3) is 39.2 Å². The average Bonchev–Trinajstić information content (AvgIpc) is 3.41. The Morgan fingerprint density at radius 3 is 2.11 bits per heavy atom. The molecule has 0 saturated heterocycles. The van der Waals surface area contributed by atoms with Crippen LogP contribution in [-0.4, -0.2) is 9.55 Å². The molecule has 1 aliphatic rings. The zero-order chi connectivity index (χ0) is 24.3. The van der Waals surface area contributed by atoms with Crippen molar-refractivity contribution in [2.24, 2.45) is 0 Å². The van der Waals surface area contributed by atoms with Crippen molar-refractivity contribution >= 4 is 11.0 Å². The van der Waals surface area contributed by atoms with E-state index in [9.17, 15) is 0 Å². The van der Waals surface area contributed by atoms with Gasteiger partial charge in [-0.2, -0.15) is 0 Å². The number of nitrogens with zero attached hydrogens (tertiary/aromatic N) is 2. The van der Waals surface area contributed by atoms with Gasteiger partial charge in [-0.05, 0) is 76.3 Å². The molecule has 0 fully saturated rings. The standard InChI is InChI=1S/C33H32N2/c1-20(2)24-12-8-13-25(21(3)4)32(24)35-31-17-16-22(5)18-30(31)34-33(35)28-15-9-14-27-26-11-7-6-10-23(26)19-29(27)28/h6-18,20-21H,19H2,1-5H3. The fourth-order valence-corrected chi connectivity index (χ4v) is 5.73. The quantitative estimate of drug-likeness (QED) is 0.259. The fourth-order valence-electron chi connectivity index (χ4n) is 5.73. The van der Waals surface area contributed by atoms with Gasteiger partial charge in [0.2, 0.25) is 0 Å². The van der Waals surface area contributed by atoms with Gasteiger partial charge >= 0.3 is 0 Å². The Morgan fingerprint density at radius 1 is 0.714 bits per heavy atom. The number of aromatic nitrogens is 2. The zero-order valence-electron chi connectivity index (χ0n) is 21.3. The largest absolute Gasteiger partial charge is 0.292 e. The smallest absolute Gasteiger partial charge is 0.146 e. The van der Waals surface area contributed by atoms with Crippen molar-refractivity contribution in [2.45, 2.75) is 52.9 Å². The molecule has 5 aromatic rings. The van der Waals surface area contributed by atoms with E-state index in [0.29, 0.717) is 11.8 Å². The highest BCUT2D eigenvalue weighted by Crippen LogP contribution is 2.43. The van der Waals surface area contributed by atoms with Crippen LogP contribution in [0.4, 0.5) is 0 Å². The Bertz CT molecular complexity index is 1560. The Hall–Kier alpha value is -3.65. The number of benzene rings is 4. The van der Waals surface area contributed by atoms with Gasteiger partial charge in [0.15, 0.2) is 0 Å². The first-order valence-electron chi connectivity index (χ1n) is 12.8. The summed E-state index contributed by atoms with van der Waals surface area (Å²) in [7, 11) is 0. The van der Waals surface area contributed by atoms with E-state index in [0.717, 1.165) is 17.8 Å². The van der Waals surface area contributed by atoms with Gasteiger partial charge in [-0.1, -0.05) is 94.4 Å². The SMILES string of the molecule is Cc1ccc2c(c1)nc(-c1cccc3c1Cc1ccccc1-3)n2-c1c(C(C)C)cccc1C(C)C. The summed E-state index contributed by atoms with van der Waals surface area (Å²) >= 11 is 0. The van der Waals surface area contributed by atoms with Crippen LogP contribution >= 0.6 is 0 Å². The predicted octanol–water partition coefficient (Wildman–Crippen LogP) is 8.82. The average molecular weight is 457 g/mol. The van der Waals surface area contributed by atoms with Crippen molar-refractivity contribution in [3.8, 4) is 28.2 Å². The molecule has 0 unspecified atom stereocenters. The summed E-state index contributed by atoms with van der Waals surface area (Å²) in [5.74, 6) is 1.86. The summed E-state index contributed by atoms with van der Waals surface area (Å²) in [5, 5.41) is 0. The lowest BCUT2D eigenvalue weighted by molar-refractivity contribution is 0.811. The van der Waals surface area contributed by atoms with E-state index in [2.05, 4.69) is 118 Å². The topological polar surface area (TPSA) is 17.8 Å². The molecule has 35 heavy (non-hydrogen) atoms. The molecule has 0 saturated carbocycles. The summed E-state index contributed by atoms with van der Waals surface area (Å²) in [5.41, 5.74) is 14.2. The predicted molar refractivity (Wildman–Crippen MR) is 148 cm³/mol. The maximum absolute atomic E-state index is 5.32. The number of rotatable bonds is 4. The first kappa shape index (κ1) is 21.9. The Kier molecular flexibility index (Phi) is 5.14. The van der Waals surface area contributed by atoms with Crippen molar-refractivity contribution in [1.29, 1.82) is 0 Å². The minimum Gasteiger partial charge on any atom is -0.292 e. The minimum absolute atomic E-state index is 0.408. The molecule has 2 nitrogen and oxygen atoms in total. The molecule has 0 atom stereocenters. The summed E-state index contributed by atoms with van der Waals surface area (Å²) < 4.78 is 2.46. The van der Waals surface area contributed by atoms with E-state index in [-0.39, 0.29) is 0 Å². The Morgan fingerprint density at radius 2 is 1.37 bits per heavy atom. The molecule has 0 spiro atoms. The third-order valence-corrected chi connectivity index (χ3v) is 7.47. The van der Waals surface area contributed by atoms with Gasteiger partial charge in [0.25, 0.3) is 0 Å². The van der Waals surface area contributed by atoms with E-state index in [4.69, 9.17) is 4.98 Å². The lowest BCUT2D eigenvalue weighted by Gasteiger charge is -2.23. The van der Waals surface area contributed by atoms with Gasteiger partial charge in [-0.3, -0.25) is 4.57 Å². The summed E-state index contributed by atoms with van der Waals surface area (Å²) in [4.78, 5) is 5.32. The van der Waals surface area contributed by atoms with Gasteiger partial charge in [0, 0.05) is 5.56 Å². The molecule has 6 rings (SSSR count). The van der Waals surface area contributed by atoms with Crippen molar-refractivity contribution in [2.75, 3.05) is 0 Å². The highest BCUT2D eigenvalue weighted by Gasteiger charge is 2.26. The van der Waals surface area contributed by atoms with Gasteiger partial charge < -0.3 is 0 Å². The van der Waals surface area contributed by atoms with Crippen LogP contribution in [-0.2, 0) is 6.42 Å². The molecular formula is C33H32N2. The molecule has 0 amide bonds. The Balaban J connectivity index is 1.71. The van der Waals surface area contributed by atoms with Crippen LogP contribution in [0.15, 0.2) is 78.9 Å². The second-order valence-electron chi connectivity index (χ2n) is 10.5. The van der Waals surface area contributed by atoms with Gasteiger partial charge in [-0.15, -0.1) is 0 Å². The van der Waals surface area contributed by atoms with Gasteiger partial charge in [-0.25, -0.2) is 4.98 Å². The number of fused-ring (bicyclic) bond motifs is 4. The molecule has 1 aromatic heterocycles. The van der Waals surface area contributed by atoms with Crippen molar-refractivity contribution in [1.82, 2.24) is 9.55 Å². The lowest BCUT2D eigenvalue weighted by Crippen LogP contribution is -2.09. The molecule has 0 bridgehead atoms. The maximum Gasteiger partial charge on any atom is 0.146 e. The molecule has 2 heteroatoms. The third-order valence-electron chi connectivity index (χ3n) is 7.47. The molecule has 4 aromatic carbocycles. The maximum atomic E-state index is 5.32. The number of hydrogen-bond acceptors (Lipinski definition) is 1. The van der Waals surface area contributed by atoms with Crippen molar-refractivity contribution in [3.05, 3.63) is 107 Å². The fraction of sp³-hybridized carbons (Fsp3) is 0.242. The molecule has 0 radical (unpaired) electrons. The summed E-state index contributed by atoms with van der Waals surface area (Å²) in [6, 6.07) is 29.0. The second-order valence-corrected chi connectivity index (χ2v) is 10.5. The van der Waals surface area contributed by atoms with Crippen molar-refractivity contribution in [3.63, 3.8) is 0 Å². The van der Waals surface area contributed by atoms with Crippen LogP contribution in [0.1, 0.15) is 67.3 Å². The molecule has 1 aliphatic carbocycles.